The maximum absolute atomic E-state index is 12.1. The Kier molecular flexibility index (Phi) is 4.52. The summed E-state index contributed by atoms with van der Waals surface area (Å²) in [4.78, 5) is 16.4. The lowest BCUT2D eigenvalue weighted by atomic mass is 10.1. The van der Waals surface area contributed by atoms with Gasteiger partial charge in [0.1, 0.15) is 0 Å². The van der Waals surface area contributed by atoms with Crippen molar-refractivity contribution in [3.05, 3.63) is 72.4 Å². The van der Waals surface area contributed by atoms with Crippen molar-refractivity contribution in [1.29, 1.82) is 0 Å². The molecule has 3 aromatic rings. The van der Waals surface area contributed by atoms with Crippen LogP contribution < -0.4 is 5.32 Å². The lowest BCUT2D eigenvalue weighted by Gasteiger charge is -2.07. The number of aromatic nitrogens is 2. The highest BCUT2D eigenvalue weighted by atomic mass is 16.1. The van der Waals surface area contributed by atoms with E-state index in [0.29, 0.717) is 12.4 Å². The van der Waals surface area contributed by atoms with Gasteiger partial charge in [0.25, 0.3) is 0 Å². The summed E-state index contributed by atoms with van der Waals surface area (Å²) < 4.78 is 1.90. The van der Waals surface area contributed by atoms with E-state index in [-0.39, 0.29) is 5.91 Å². The van der Waals surface area contributed by atoms with Crippen LogP contribution in [0.2, 0.25) is 0 Å². The summed E-state index contributed by atoms with van der Waals surface area (Å²) in [6.07, 6.45) is 2.95. The van der Waals surface area contributed by atoms with Gasteiger partial charge in [0.2, 0.25) is 11.9 Å². The van der Waals surface area contributed by atoms with E-state index < -0.39 is 0 Å². The van der Waals surface area contributed by atoms with Gasteiger partial charge in [-0.15, -0.1) is 0 Å². The number of benzene rings is 2. The molecule has 4 nitrogen and oxygen atoms in total. The molecule has 1 amide bonds. The molecule has 0 bridgehead atoms. The van der Waals surface area contributed by atoms with Gasteiger partial charge in [-0.25, -0.2) is 4.98 Å². The number of rotatable bonds is 5. The molecule has 1 heterocycles. The Balaban J connectivity index is 1.64. The molecule has 0 saturated carbocycles. The Bertz CT molecular complexity index is 779. The van der Waals surface area contributed by atoms with Crippen LogP contribution in [0.5, 0.6) is 0 Å². The van der Waals surface area contributed by atoms with Crippen LogP contribution in [0, 0.1) is 0 Å². The molecule has 0 aliphatic carbocycles. The lowest BCUT2D eigenvalue weighted by molar-refractivity contribution is -0.116. The molecule has 0 aliphatic rings. The second-order valence-electron chi connectivity index (χ2n) is 5.43. The molecular formula is C19H19N3O. The first-order chi connectivity index (χ1) is 11.2. The fourth-order valence-corrected chi connectivity index (χ4v) is 2.49. The molecule has 2 aromatic carbocycles. The van der Waals surface area contributed by atoms with Gasteiger partial charge in [-0.1, -0.05) is 60.7 Å². The summed E-state index contributed by atoms with van der Waals surface area (Å²) in [5.74, 6) is 0.545. The fraction of sp³-hybridized carbons (Fsp3) is 0.158. The van der Waals surface area contributed by atoms with Crippen molar-refractivity contribution in [1.82, 2.24) is 9.55 Å². The molecular weight excluding hydrogens is 286 g/mol. The van der Waals surface area contributed by atoms with Crippen LogP contribution in [0.25, 0.3) is 11.3 Å². The van der Waals surface area contributed by atoms with E-state index in [0.717, 1.165) is 23.2 Å². The van der Waals surface area contributed by atoms with Crippen molar-refractivity contribution in [3.63, 3.8) is 0 Å². The monoisotopic (exact) mass is 305 g/mol. The Morgan fingerprint density at radius 1 is 1.04 bits per heavy atom. The standard InChI is InChI=1S/C19H19N3O/c1-22-17(16-10-6-3-7-11-16)14-20-19(22)21-18(23)13-12-15-8-4-2-5-9-15/h2-11,14H,12-13H2,1H3,(H,20,21,23). The maximum Gasteiger partial charge on any atom is 0.227 e. The molecule has 116 valence electrons. The van der Waals surface area contributed by atoms with E-state index in [1.54, 1.807) is 6.20 Å². The molecule has 3 rings (SSSR count). The SMILES string of the molecule is Cn1c(-c2ccccc2)cnc1NC(=O)CCc1ccccc1. The lowest BCUT2D eigenvalue weighted by Crippen LogP contribution is -2.15. The van der Waals surface area contributed by atoms with Crippen LogP contribution in [0.1, 0.15) is 12.0 Å². The molecule has 0 spiro atoms. The third kappa shape index (κ3) is 3.66. The number of nitrogens with zero attached hydrogens (tertiary/aromatic N) is 2. The molecule has 0 saturated heterocycles. The minimum absolute atomic E-state index is 0.0258. The predicted molar refractivity (Wildman–Crippen MR) is 92.0 cm³/mol. The zero-order chi connectivity index (χ0) is 16.1. The average Bonchev–Trinajstić information content (AvgIpc) is 2.95. The summed E-state index contributed by atoms with van der Waals surface area (Å²) in [6, 6.07) is 20.0. The van der Waals surface area contributed by atoms with Crippen molar-refractivity contribution < 1.29 is 4.79 Å². The van der Waals surface area contributed by atoms with Gasteiger partial charge < -0.3 is 4.57 Å². The molecule has 0 aliphatic heterocycles. The molecule has 4 heteroatoms. The van der Waals surface area contributed by atoms with Gasteiger partial charge in [-0.3, -0.25) is 10.1 Å². The van der Waals surface area contributed by atoms with Gasteiger partial charge in [-0.2, -0.15) is 0 Å². The Labute approximate surface area is 135 Å². The number of anilines is 1. The van der Waals surface area contributed by atoms with Crippen molar-refractivity contribution in [3.8, 4) is 11.3 Å². The van der Waals surface area contributed by atoms with E-state index >= 15 is 0 Å². The van der Waals surface area contributed by atoms with E-state index in [1.807, 2.05) is 72.3 Å². The summed E-state index contributed by atoms with van der Waals surface area (Å²) >= 11 is 0. The summed E-state index contributed by atoms with van der Waals surface area (Å²) in [5.41, 5.74) is 3.21. The predicted octanol–water partition coefficient (Wildman–Crippen LogP) is 3.66. The zero-order valence-corrected chi connectivity index (χ0v) is 13.1. The number of nitrogens with one attached hydrogen (secondary N) is 1. The number of hydrogen-bond acceptors (Lipinski definition) is 2. The van der Waals surface area contributed by atoms with E-state index in [2.05, 4.69) is 10.3 Å². The van der Waals surface area contributed by atoms with Crippen molar-refractivity contribution in [2.75, 3.05) is 5.32 Å². The van der Waals surface area contributed by atoms with Gasteiger partial charge in [-0.05, 0) is 17.5 Å². The normalized spacial score (nSPS) is 10.5. The first-order valence-electron chi connectivity index (χ1n) is 7.65. The van der Waals surface area contributed by atoms with Crippen LogP contribution in [0.15, 0.2) is 66.9 Å². The maximum atomic E-state index is 12.1. The fourth-order valence-electron chi connectivity index (χ4n) is 2.49. The largest absolute Gasteiger partial charge is 0.313 e. The number of aryl methyl sites for hydroxylation is 1. The van der Waals surface area contributed by atoms with Crippen molar-refractivity contribution >= 4 is 11.9 Å². The number of hydrogen-bond donors (Lipinski definition) is 1. The summed E-state index contributed by atoms with van der Waals surface area (Å²) in [6.45, 7) is 0. The average molecular weight is 305 g/mol. The Hall–Kier alpha value is -2.88. The smallest absolute Gasteiger partial charge is 0.227 e. The van der Waals surface area contributed by atoms with E-state index in [1.165, 1.54) is 0 Å². The Morgan fingerprint density at radius 2 is 1.70 bits per heavy atom. The molecule has 23 heavy (non-hydrogen) atoms. The third-order valence-corrected chi connectivity index (χ3v) is 3.79. The molecule has 0 radical (unpaired) electrons. The van der Waals surface area contributed by atoms with Gasteiger partial charge in [0.05, 0.1) is 11.9 Å². The summed E-state index contributed by atoms with van der Waals surface area (Å²) in [5, 5.41) is 2.88. The van der Waals surface area contributed by atoms with Crippen LogP contribution in [-0.2, 0) is 18.3 Å². The second kappa shape index (κ2) is 6.92. The number of carbonyl (C=O) groups is 1. The summed E-state index contributed by atoms with van der Waals surface area (Å²) in [7, 11) is 1.90. The highest BCUT2D eigenvalue weighted by Gasteiger charge is 2.11. The van der Waals surface area contributed by atoms with Crippen LogP contribution >= 0.6 is 0 Å². The molecule has 1 N–H and O–H groups in total. The minimum atomic E-state index is -0.0258. The van der Waals surface area contributed by atoms with Crippen LogP contribution in [0.3, 0.4) is 0 Å². The van der Waals surface area contributed by atoms with Crippen LogP contribution in [-0.4, -0.2) is 15.5 Å². The van der Waals surface area contributed by atoms with E-state index in [4.69, 9.17) is 0 Å². The van der Waals surface area contributed by atoms with Gasteiger partial charge >= 0.3 is 0 Å². The minimum Gasteiger partial charge on any atom is -0.313 e. The topological polar surface area (TPSA) is 46.9 Å². The van der Waals surface area contributed by atoms with Crippen molar-refractivity contribution in [2.24, 2.45) is 7.05 Å². The van der Waals surface area contributed by atoms with Gasteiger partial charge in [0, 0.05) is 13.5 Å². The van der Waals surface area contributed by atoms with Crippen molar-refractivity contribution in [2.45, 2.75) is 12.8 Å². The first kappa shape index (κ1) is 15.0. The van der Waals surface area contributed by atoms with E-state index in [9.17, 15) is 4.79 Å². The Morgan fingerprint density at radius 3 is 2.39 bits per heavy atom. The van der Waals surface area contributed by atoms with Crippen LogP contribution in [0.4, 0.5) is 5.95 Å². The molecule has 0 atom stereocenters. The third-order valence-electron chi connectivity index (χ3n) is 3.79. The highest BCUT2D eigenvalue weighted by Crippen LogP contribution is 2.21. The first-order valence-corrected chi connectivity index (χ1v) is 7.65. The quantitative estimate of drug-likeness (QED) is 0.782. The highest BCUT2D eigenvalue weighted by molar-refractivity contribution is 5.89. The van der Waals surface area contributed by atoms with Gasteiger partial charge in [0.15, 0.2) is 0 Å². The number of amides is 1. The number of imidazole rings is 1. The second-order valence-corrected chi connectivity index (χ2v) is 5.43. The molecule has 1 aromatic heterocycles. The molecule has 0 unspecified atom stereocenters. The zero-order valence-electron chi connectivity index (χ0n) is 13.1. The number of carbonyl (C=O) groups excluding carboxylic acids is 1. The molecule has 0 fully saturated rings.